The Bertz CT molecular complexity index is 1060. The van der Waals surface area contributed by atoms with Crippen LogP contribution in [-0.4, -0.2) is 49.9 Å². The lowest BCUT2D eigenvalue weighted by Crippen LogP contribution is -2.72. The Balaban J connectivity index is 1.91. The minimum absolute atomic E-state index is 0.331. The molecule has 0 saturated carbocycles. The molecule has 1 aliphatic heterocycles. The van der Waals surface area contributed by atoms with Gasteiger partial charge < -0.3 is 18.9 Å². The van der Waals surface area contributed by atoms with E-state index < -0.39 is 23.2 Å². The van der Waals surface area contributed by atoms with Gasteiger partial charge in [-0.3, -0.25) is 4.79 Å². The zero-order chi connectivity index (χ0) is 22.6. The summed E-state index contributed by atoms with van der Waals surface area (Å²) < 4.78 is 22.0. The first-order chi connectivity index (χ1) is 14.7. The summed E-state index contributed by atoms with van der Waals surface area (Å²) >= 11 is 0. The number of nitrogens with zero attached hydrogens (tertiary/aromatic N) is 1. The Morgan fingerprint density at radius 3 is 2.35 bits per heavy atom. The Morgan fingerprint density at radius 2 is 1.74 bits per heavy atom. The molecule has 7 heteroatoms. The fourth-order valence-electron chi connectivity index (χ4n) is 4.71. The number of carbonyl (C=O) groups excluding carboxylic acids is 2. The van der Waals surface area contributed by atoms with E-state index in [1.165, 1.54) is 4.90 Å². The summed E-state index contributed by atoms with van der Waals surface area (Å²) in [5.74, 6) is 1.49. The first-order valence-electron chi connectivity index (χ1n) is 10.1. The van der Waals surface area contributed by atoms with E-state index in [4.69, 9.17) is 18.9 Å². The van der Waals surface area contributed by atoms with Crippen LogP contribution in [0.2, 0.25) is 0 Å². The number of hydrogen-bond donors (Lipinski definition) is 0. The lowest BCUT2D eigenvalue weighted by atomic mass is 9.65. The highest BCUT2D eigenvalue weighted by atomic mass is 16.6. The second kappa shape index (κ2) is 7.18. The number of ether oxygens (including phenoxy) is 4. The summed E-state index contributed by atoms with van der Waals surface area (Å²) in [5.41, 5.74) is 0.655. The highest BCUT2D eigenvalue weighted by Gasteiger charge is 2.70. The van der Waals surface area contributed by atoms with Crippen molar-refractivity contribution in [1.29, 1.82) is 0 Å². The number of β-lactam (4-membered cyclic amide) rings is 1. The van der Waals surface area contributed by atoms with Gasteiger partial charge in [0.2, 0.25) is 5.91 Å². The van der Waals surface area contributed by atoms with Crippen LogP contribution < -0.4 is 14.2 Å². The maximum atomic E-state index is 13.8. The molecule has 2 atom stereocenters. The van der Waals surface area contributed by atoms with Crippen LogP contribution in [0.15, 0.2) is 36.4 Å². The summed E-state index contributed by atoms with van der Waals surface area (Å²) in [6.07, 6.45) is -0.162. The lowest BCUT2D eigenvalue weighted by Gasteiger charge is -2.51. The summed E-state index contributed by atoms with van der Waals surface area (Å²) in [6.45, 7) is 5.34. The van der Waals surface area contributed by atoms with E-state index in [1.807, 2.05) is 30.3 Å². The van der Waals surface area contributed by atoms with Gasteiger partial charge in [-0.15, -0.1) is 0 Å². The zero-order valence-electron chi connectivity index (χ0n) is 18.6. The van der Waals surface area contributed by atoms with Gasteiger partial charge in [0.1, 0.15) is 28.3 Å². The normalized spacial score (nSPS) is 21.7. The molecule has 2 aliphatic rings. The molecular formula is C24H27NO6. The molecule has 0 unspecified atom stereocenters. The monoisotopic (exact) mass is 425 g/mol. The number of rotatable bonds is 4. The number of fused-ring (bicyclic) bond motifs is 3. The average Bonchev–Trinajstić information content (AvgIpc) is 3.02. The van der Waals surface area contributed by atoms with Crippen molar-refractivity contribution in [2.24, 2.45) is 0 Å². The van der Waals surface area contributed by atoms with Gasteiger partial charge >= 0.3 is 6.09 Å². The van der Waals surface area contributed by atoms with Crippen LogP contribution in [0, 0.1) is 0 Å². The third-order valence-corrected chi connectivity index (χ3v) is 5.90. The fourth-order valence-corrected chi connectivity index (χ4v) is 4.71. The van der Waals surface area contributed by atoms with Crippen LogP contribution in [0.1, 0.15) is 37.5 Å². The van der Waals surface area contributed by atoms with Crippen molar-refractivity contribution in [3.63, 3.8) is 0 Å². The van der Waals surface area contributed by atoms with Gasteiger partial charge in [-0.1, -0.05) is 12.1 Å². The zero-order valence-corrected chi connectivity index (χ0v) is 18.6. The Morgan fingerprint density at radius 1 is 1.03 bits per heavy atom. The average molecular weight is 425 g/mol. The van der Waals surface area contributed by atoms with Gasteiger partial charge in [0, 0.05) is 11.6 Å². The van der Waals surface area contributed by atoms with Crippen molar-refractivity contribution in [1.82, 2.24) is 4.90 Å². The molecule has 0 radical (unpaired) electrons. The van der Waals surface area contributed by atoms with E-state index in [1.54, 1.807) is 48.2 Å². The topological polar surface area (TPSA) is 74.3 Å². The van der Waals surface area contributed by atoms with Crippen LogP contribution in [0.25, 0.3) is 0 Å². The maximum Gasteiger partial charge on any atom is 0.417 e. The summed E-state index contributed by atoms with van der Waals surface area (Å²) in [5, 5.41) is 0. The number of hydrogen-bond acceptors (Lipinski definition) is 6. The van der Waals surface area contributed by atoms with Gasteiger partial charge in [-0.05, 0) is 56.5 Å². The third-order valence-electron chi connectivity index (χ3n) is 5.90. The fraction of sp³-hybridized carbons (Fsp3) is 0.417. The van der Waals surface area contributed by atoms with Gasteiger partial charge in [-0.25, -0.2) is 9.69 Å². The number of amides is 2. The van der Waals surface area contributed by atoms with Crippen molar-refractivity contribution < 1.29 is 28.5 Å². The second-order valence-electron chi connectivity index (χ2n) is 8.78. The van der Waals surface area contributed by atoms with Gasteiger partial charge in [0.05, 0.1) is 27.4 Å². The van der Waals surface area contributed by atoms with E-state index in [9.17, 15) is 9.59 Å². The second-order valence-corrected chi connectivity index (χ2v) is 8.78. The van der Waals surface area contributed by atoms with E-state index in [-0.39, 0.29) is 5.91 Å². The predicted molar refractivity (Wildman–Crippen MR) is 114 cm³/mol. The highest BCUT2D eigenvalue weighted by Crippen LogP contribution is 2.58. The first-order valence-corrected chi connectivity index (χ1v) is 10.1. The van der Waals surface area contributed by atoms with Crippen molar-refractivity contribution in [3.05, 3.63) is 53.1 Å². The van der Waals surface area contributed by atoms with Crippen LogP contribution in [0.4, 0.5) is 4.79 Å². The lowest BCUT2D eigenvalue weighted by molar-refractivity contribution is -0.153. The molecule has 0 aromatic heterocycles. The van der Waals surface area contributed by atoms with Crippen molar-refractivity contribution in [3.8, 4) is 17.2 Å². The Kier molecular flexibility index (Phi) is 4.87. The smallest absolute Gasteiger partial charge is 0.417 e. The van der Waals surface area contributed by atoms with Gasteiger partial charge in [-0.2, -0.15) is 0 Å². The Labute approximate surface area is 181 Å². The van der Waals surface area contributed by atoms with Crippen molar-refractivity contribution >= 4 is 12.0 Å². The van der Waals surface area contributed by atoms with Crippen molar-refractivity contribution in [2.75, 3.05) is 21.3 Å². The summed E-state index contributed by atoms with van der Waals surface area (Å²) in [7, 11) is 4.73. The first kappa shape index (κ1) is 21.0. The number of imide groups is 1. The molecule has 1 heterocycles. The van der Waals surface area contributed by atoms with E-state index in [0.29, 0.717) is 23.7 Å². The highest BCUT2D eigenvalue weighted by molar-refractivity contribution is 6.10. The molecule has 164 valence electrons. The molecule has 7 nitrogen and oxygen atoms in total. The molecule has 31 heavy (non-hydrogen) atoms. The number of methoxy groups -OCH3 is 3. The molecule has 0 N–H and O–H groups in total. The largest absolute Gasteiger partial charge is 0.497 e. The molecular weight excluding hydrogens is 398 g/mol. The number of likely N-dealkylation sites (tertiary alicyclic amines) is 1. The molecule has 4 rings (SSSR count). The minimum Gasteiger partial charge on any atom is -0.497 e. The number of carbonyl (C=O) groups is 2. The Hall–Kier alpha value is -3.22. The third kappa shape index (κ3) is 3.02. The van der Waals surface area contributed by atoms with Crippen LogP contribution in [0.3, 0.4) is 0 Å². The molecule has 1 aliphatic carbocycles. The quantitative estimate of drug-likeness (QED) is 0.696. The van der Waals surface area contributed by atoms with Gasteiger partial charge in [0.25, 0.3) is 0 Å². The summed E-state index contributed by atoms with van der Waals surface area (Å²) in [4.78, 5) is 27.9. The molecule has 1 saturated heterocycles. The molecule has 1 fully saturated rings. The molecule has 2 aromatic carbocycles. The molecule has 2 aromatic rings. The predicted octanol–water partition coefficient (Wildman–Crippen LogP) is 3.70. The van der Waals surface area contributed by atoms with Crippen LogP contribution in [0.5, 0.6) is 17.2 Å². The van der Waals surface area contributed by atoms with E-state index >= 15 is 0 Å². The molecule has 2 amide bonds. The maximum absolute atomic E-state index is 13.8. The van der Waals surface area contributed by atoms with E-state index in [2.05, 4.69) is 0 Å². The van der Waals surface area contributed by atoms with Crippen LogP contribution in [-0.2, 0) is 21.4 Å². The van der Waals surface area contributed by atoms with Gasteiger partial charge in [0.15, 0.2) is 0 Å². The molecule has 0 spiro atoms. The minimum atomic E-state index is -1.06. The van der Waals surface area contributed by atoms with Crippen LogP contribution >= 0.6 is 0 Å². The SMILES string of the molecule is COc1cccc([C@]23C(=O)N(C(=O)OC(C)(C)C)[C@H]2Cc2cc(OC)cc(OC)c23)c1. The van der Waals surface area contributed by atoms with Crippen molar-refractivity contribution in [2.45, 2.75) is 44.2 Å². The number of benzene rings is 2. The van der Waals surface area contributed by atoms with E-state index in [0.717, 1.165) is 16.7 Å². The standard InChI is InChI=1S/C24H27NO6/c1-23(2,3)31-22(27)25-19-11-14-10-17(29-5)13-18(30-6)20(14)24(19,21(25)26)15-8-7-9-16(12-15)28-4/h7-10,12-13,19H,11H2,1-6H3/t19-,24-/m0/s1. The molecule has 0 bridgehead atoms. The summed E-state index contributed by atoms with van der Waals surface area (Å²) in [6, 6.07) is 10.6.